The lowest BCUT2D eigenvalue weighted by Gasteiger charge is -2.39. The highest BCUT2D eigenvalue weighted by molar-refractivity contribution is 4.96. The molecule has 3 unspecified atom stereocenters. The molecule has 0 N–H and O–H groups in total. The van der Waals surface area contributed by atoms with Crippen molar-refractivity contribution in [1.29, 1.82) is 0 Å². The monoisotopic (exact) mass is 180 g/mol. The Labute approximate surface area is 83.1 Å². The number of fused-ring (bicyclic) bond motifs is 2. The van der Waals surface area contributed by atoms with E-state index in [1.54, 1.807) is 25.7 Å². The Morgan fingerprint density at radius 2 is 1.77 bits per heavy atom. The number of hydrogen-bond acceptors (Lipinski definition) is 0. The lowest BCUT2D eigenvalue weighted by atomic mass is 9.66. The summed E-state index contributed by atoms with van der Waals surface area (Å²) in [6, 6.07) is 0. The molecule has 0 amide bonds. The van der Waals surface area contributed by atoms with Gasteiger partial charge in [0.2, 0.25) is 0 Å². The lowest BCUT2D eigenvalue weighted by molar-refractivity contribution is 0.110. The molecule has 2 rings (SSSR count). The van der Waals surface area contributed by atoms with Crippen LogP contribution in [-0.2, 0) is 0 Å². The first-order valence-electron chi connectivity index (χ1n) is 6.19. The maximum absolute atomic E-state index is 2.53. The average Bonchev–Trinajstić information content (AvgIpc) is 2.77. The molecule has 2 bridgehead atoms. The molecule has 0 aliphatic heterocycles. The summed E-state index contributed by atoms with van der Waals surface area (Å²) in [7, 11) is 0. The van der Waals surface area contributed by atoms with E-state index in [0.717, 1.165) is 17.8 Å². The SMILES string of the molecule is CCC(C)(CC)C1CC2CCC1C2. The fourth-order valence-corrected chi connectivity index (χ4v) is 3.87. The molecule has 76 valence electrons. The fourth-order valence-electron chi connectivity index (χ4n) is 3.87. The van der Waals surface area contributed by atoms with Crippen molar-refractivity contribution in [2.75, 3.05) is 0 Å². The summed E-state index contributed by atoms with van der Waals surface area (Å²) in [5.74, 6) is 3.29. The molecule has 0 heteroatoms. The Morgan fingerprint density at radius 3 is 2.15 bits per heavy atom. The third-order valence-electron chi connectivity index (χ3n) is 5.25. The van der Waals surface area contributed by atoms with Gasteiger partial charge in [-0.05, 0) is 42.4 Å². The Balaban J connectivity index is 2.08. The molecule has 2 saturated carbocycles. The number of rotatable bonds is 3. The van der Waals surface area contributed by atoms with Crippen LogP contribution in [0, 0.1) is 23.2 Å². The van der Waals surface area contributed by atoms with Gasteiger partial charge in [-0.3, -0.25) is 0 Å². The highest BCUT2D eigenvalue weighted by atomic mass is 14.5. The Morgan fingerprint density at radius 1 is 1.08 bits per heavy atom. The first-order valence-corrected chi connectivity index (χ1v) is 6.19. The van der Waals surface area contributed by atoms with Crippen LogP contribution >= 0.6 is 0 Å². The van der Waals surface area contributed by atoms with E-state index in [2.05, 4.69) is 20.8 Å². The van der Waals surface area contributed by atoms with Gasteiger partial charge in [-0.1, -0.05) is 40.0 Å². The van der Waals surface area contributed by atoms with Gasteiger partial charge in [0.05, 0.1) is 0 Å². The fraction of sp³-hybridized carbons (Fsp3) is 1.00. The molecule has 2 fully saturated rings. The first-order chi connectivity index (χ1) is 6.19. The van der Waals surface area contributed by atoms with Gasteiger partial charge < -0.3 is 0 Å². The van der Waals surface area contributed by atoms with E-state index in [4.69, 9.17) is 0 Å². The van der Waals surface area contributed by atoms with Crippen molar-refractivity contribution < 1.29 is 0 Å². The van der Waals surface area contributed by atoms with Gasteiger partial charge in [0.15, 0.2) is 0 Å². The van der Waals surface area contributed by atoms with E-state index in [1.165, 1.54) is 12.8 Å². The summed E-state index contributed by atoms with van der Waals surface area (Å²) in [6.07, 6.45) is 8.99. The van der Waals surface area contributed by atoms with Gasteiger partial charge in [-0.15, -0.1) is 0 Å². The van der Waals surface area contributed by atoms with E-state index in [-0.39, 0.29) is 0 Å². The first kappa shape index (κ1) is 9.55. The molecule has 0 aromatic rings. The molecule has 2 aliphatic carbocycles. The van der Waals surface area contributed by atoms with Crippen LogP contribution < -0.4 is 0 Å². The summed E-state index contributed by atoms with van der Waals surface area (Å²) in [5.41, 5.74) is 0.667. The summed E-state index contributed by atoms with van der Waals surface area (Å²) < 4.78 is 0. The average molecular weight is 180 g/mol. The van der Waals surface area contributed by atoms with Gasteiger partial charge in [0, 0.05) is 0 Å². The zero-order valence-electron chi connectivity index (χ0n) is 9.47. The van der Waals surface area contributed by atoms with Crippen LogP contribution in [0.3, 0.4) is 0 Å². The molecule has 0 heterocycles. The van der Waals surface area contributed by atoms with E-state index < -0.39 is 0 Å². The zero-order valence-corrected chi connectivity index (χ0v) is 9.47. The lowest BCUT2D eigenvalue weighted by Crippen LogP contribution is -2.30. The third-order valence-corrected chi connectivity index (χ3v) is 5.25. The largest absolute Gasteiger partial charge is 0.0649 e. The molecule has 0 nitrogen and oxygen atoms in total. The summed E-state index contributed by atoms with van der Waals surface area (Å²) in [4.78, 5) is 0. The number of hydrogen-bond donors (Lipinski definition) is 0. The maximum atomic E-state index is 2.53. The van der Waals surface area contributed by atoms with E-state index in [9.17, 15) is 0 Å². The van der Waals surface area contributed by atoms with Crippen molar-refractivity contribution in [2.24, 2.45) is 23.2 Å². The van der Waals surface area contributed by atoms with Gasteiger partial charge in [-0.2, -0.15) is 0 Å². The Hall–Kier alpha value is 0. The minimum absolute atomic E-state index is 0.667. The topological polar surface area (TPSA) is 0 Å². The predicted molar refractivity (Wildman–Crippen MR) is 57.6 cm³/mol. The normalized spacial score (nSPS) is 38.5. The van der Waals surface area contributed by atoms with Crippen molar-refractivity contribution >= 4 is 0 Å². The highest BCUT2D eigenvalue weighted by Gasteiger charge is 2.46. The van der Waals surface area contributed by atoms with Crippen LogP contribution in [0.1, 0.15) is 59.3 Å². The summed E-state index contributed by atoms with van der Waals surface area (Å²) in [6.45, 7) is 7.29. The summed E-state index contributed by atoms with van der Waals surface area (Å²) in [5, 5.41) is 0. The van der Waals surface area contributed by atoms with Gasteiger partial charge in [0.25, 0.3) is 0 Å². The van der Waals surface area contributed by atoms with E-state index in [1.807, 2.05) is 0 Å². The van der Waals surface area contributed by atoms with Gasteiger partial charge >= 0.3 is 0 Å². The molecule has 0 aromatic heterocycles. The van der Waals surface area contributed by atoms with Gasteiger partial charge in [-0.25, -0.2) is 0 Å². The molecular weight excluding hydrogens is 156 g/mol. The maximum Gasteiger partial charge on any atom is -0.0300 e. The van der Waals surface area contributed by atoms with Crippen LogP contribution in [-0.4, -0.2) is 0 Å². The minimum Gasteiger partial charge on any atom is -0.0649 e. The highest BCUT2D eigenvalue weighted by Crippen LogP contribution is 2.56. The Bertz CT molecular complexity index is 178. The molecule has 13 heavy (non-hydrogen) atoms. The molecule has 2 aliphatic rings. The second kappa shape index (κ2) is 3.29. The van der Waals surface area contributed by atoms with E-state index >= 15 is 0 Å². The predicted octanol–water partition coefficient (Wildman–Crippen LogP) is 4.25. The molecule has 0 aromatic carbocycles. The van der Waals surface area contributed by atoms with Crippen LogP contribution in [0.4, 0.5) is 0 Å². The third kappa shape index (κ3) is 1.43. The minimum atomic E-state index is 0.667. The van der Waals surface area contributed by atoms with Crippen LogP contribution in [0.25, 0.3) is 0 Å². The van der Waals surface area contributed by atoms with Crippen LogP contribution in [0.15, 0.2) is 0 Å². The van der Waals surface area contributed by atoms with Crippen molar-refractivity contribution in [3.05, 3.63) is 0 Å². The zero-order chi connectivity index (χ0) is 9.47. The van der Waals surface area contributed by atoms with Crippen LogP contribution in [0.2, 0.25) is 0 Å². The van der Waals surface area contributed by atoms with E-state index in [0.29, 0.717) is 5.41 Å². The quantitative estimate of drug-likeness (QED) is 0.609. The summed E-state index contributed by atoms with van der Waals surface area (Å²) >= 11 is 0. The van der Waals surface area contributed by atoms with Crippen molar-refractivity contribution in [1.82, 2.24) is 0 Å². The molecule has 3 atom stereocenters. The molecule has 0 saturated heterocycles. The Kier molecular flexibility index (Phi) is 2.42. The smallest absolute Gasteiger partial charge is 0.0300 e. The van der Waals surface area contributed by atoms with Gasteiger partial charge in [0.1, 0.15) is 0 Å². The molecular formula is C13H24. The standard InChI is InChI=1S/C13H24/c1-4-13(3,5-2)12-9-10-6-7-11(12)8-10/h10-12H,4-9H2,1-3H3. The van der Waals surface area contributed by atoms with Crippen molar-refractivity contribution in [3.63, 3.8) is 0 Å². The van der Waals surface area contributed by atoms with Crippen molar-refractivity contribution in [2.45, 2.75) is 59.3 Å². The molecule has 0 radical (unpaired) electrons. The second-order valence-corrected chi connectivity index (χ2v) is 5.64. The van der Waals surface area contributed by atoms with Crippen LogP contribution in [0.5, 0.6) is 0 Å². The second-order valence-electron chi connectivity index (χ2n) is 5.64. The van der Waals surface area contributed by atoms with Crippen molar-refractivity contribution in [3.8, 4) is 0 Å². The molecule has 0 spiro atoms.